The number of rotatable bonds is 7. The Hall–Kier alpha value is -2.04. The highest BCUT2D eigenvalue weighted by Gasteiger charge is 2.35. The molecule has 0 heterocycles. The largest absolute Gasteiger partial charge is 0.494 e. The molecule has 1 aliphatic rings. The summed E-state index contributed by atoms with van der Waals surface area (Å²) in [6.45, 7) is 2.78. The molecule has 5 nitrogen and oxygen atoms in total. The van der Waals surface area contributed by atoms with Crippen LogP contribution in [-0.2, 0) is 4.79 Å². The Bertz CT molecular complexity index is 492. The first-order valence-electron chi connectivity index (χ1n) is 7.36. The van der Waals surface area contributed by atoms with Gasteiger partial charge in [0.15, 0.2) is 0 Å². The lowest BCUT2D eigenvalue weighted by molar-refractivity contribution is -0.145. The zero-order chi connectivity index (χ0) is 15.2. The summed E-state index contributed by atoms with van der Waals surface area (Å²) in [7, 11) is 0. The molecular formula is C16H21NO4. The highest BCUT2D eigenvalue weighted by Crippen LogP contribution is 2.27. The van der Waals surface area contributed by atoms with Crippen LogP contribution in [0.15, 0.2) is 24.3 Å². The minimum atomic E-state index is -0.783. The van der Waals surface area contributed by atoms with Crippen LogP contribution in [0.1, 0.15) is 43.0 Å². The number of nitrogens with one attached hydrogen (secondary N) is 1. The van der Waals surface area contributed by atoms with Crippen LogP contribution in [0.5, 0.6) is 5.75 Å². The lowest BCUT2D eigenvalue weighted by Gasteiger charge is -2.32. The van der Waals surface area contributed by atoms with E-state index in [-0.39, 0.29) is 17.9 Å². The summed E-state index contributed by atoms with van der Waals surface area (Å²) in [6, 6.07) is 6.99. The zero-order valence-electron chi connectivity index (χ0n) is 12.2. The van der Waals surface area contributed by atoms with E-state index in [9.17, 15) is 9.59 Å². The van der Waals surface area contributed by atoms with Crippen LogP contribution in [0, 0.1) is 5.92 Å². The average Bonchev–Trinajstić information content (AvgIpc) is 2.42. The van der Waals surface area contributed by atoms with E-state index < -0.39 is 5.97 Å². The van der Waals surface area contributed by atoms with E-state index in [0.29, 0.717) is 25.0 Å². The number of ether oxygens (including phenoxy) is 1. The fraction of sp³-hybridized carbons (Fsp3) is 0.500. The fourth-order valence-electron chi connectivity index (χ4n) is 2.24. The summed E-state index contributed by atoms with van der Waals surface area (Å²) in [6.07, 6.45) is 3.12. The van der Waals surface area contributed by atoms with Gasteiger partial charge in [-0.3, -0.25) is 9.59 Å². The van der Waals surface area contributed by atoms with Gasteiger partial charge in [0, 0.05) is 11.6 Å². The first kappa shape index (κ1) is 15.4. The second-order valence-electron chi connectivity index (χ2n) is 5.40. The quantitative estimate of drug-likeness (QED) is 0.757. The number of aliphatic carboxylic acids is 1. The van der Waals surface area contributed by atoms with Gasteiger partial charge in [-0.2, -0.15) is 0 Å². The Morgan fingerprint density at radius 2 is 1.95 bits per heavy atom. The molecule has 0 saturated heterocycles. The number of hydrogen-bond donors (Lipinski definition) is 2. The van der Waals surface area contributed by atoms with Crippen molar-refractivity contribution in [3.63, 3.8) is 0 Å². The van der Waals surface area contributed by atoms with Crippen LogP contribution in [0.3, 0.4) is 0 Å². The number of carbonyl (C=O) groups excluding carboxylic acids is 1. The molecule has 0 unspecified atom stereocenters. The van der Waals surface area contributed by atoms with Crippen molar-refractivity contribution in [3.8, 4) is 5.75 Å². The molecular weight excluding hydrogens is 270 g/mol. The van der Waals surface area contributed by atoms with Crippen LogP contribution >= 0.6 is 0 Å². The number of amides is 1. The zero-order valence-corrected chi connectivity index (χ0v) is 12.2. The summed E-state index contributed by atoms with van der Waals surface area (Å²) in [5, 5.41) is 11.6. The summed E-state index contributed by atoms with van der Waals surface area (Å²) < 4.78 is 5.54. The van der Waals surface area contributed by atoms with E-state index in [0.717, 1.165) is 18.6 Å². The first-order valence-corrected chi connectivity index (χ1v) is 7.36. The molecule has 1 fully saturated rings. The molecule has 1 amide bonds. The predicted molar refractivity (Wildman–Crippen MR) is 78.5 cm³/mol. The Morgan fingerprint density at radius 3 is 2.52 bits per heavy atom. The minimum absolute atomic E-state index is 0.0286. The van der Waals surface area contributed by atoms with Crippen LogP contribution in [0.4, 0.5) is 0 Å². The number of hydrogen-bond acceptors (Lipinski definition) is 3. The van der Waals surface area contributed by atoms with Gasteiger partial charge in [0.05, 0.1) is 12.5 Å². The minimum Gasteiger partial charge on any atom is -0.494 e. The van der Waals surface area contributed by atoms with Crippen molar-refractivity contribution in [1.82, 2.24) is 5.32 Å². The standard InChI is InChI=1S/C16H21NO4/c1-2-3-8-21-14-6-4-11(5-7-14)15(18)17-13-9-12(10-13)16(19)20/h4-7,12-13H,2-3,8-10H2,1H3,(H,17,18)(H,19,20). The van der Waals surface area contributed by atoms with E-state index in [1.54, 1.807) is 24.3 Å². The molecule has 21 heavy (non-hydrogen) atoms. The van der Waals surface area contributed by atoms with Crippen molar-refractivity contribution in [3.05, 3.63) is 29.8 Å². The maximum absolute atomic E-state index is 12.0. The third kappa shape index (κ3) is 4.21. The van der Waals surface area contributed by atoms with Crippen molar-refractivity contribution in [2.24, 2.45) is 5.92 Å². The predicted octanol–water partition coefficient (Wildman–Crippen LogP) is 2.46. The molecule has 0 spiro atoms. The number of carbonyl (C=O) groups is 2. The number of carboxylic acid groups (broad SMARTS) is 1. The van der Waals surface area contributed by atoms with E-state index in [2.05, 4.69) is 12.2 Å². The second-order valence-corrected chi connectivity index (χ2v) is 5.40. The average molecular weight is 291 g/mol. The number of carboxylic acids is 1. The van der Waals surface area contributed by atoms with Crippen LogP contribution in [0.2, 0.25) is 0 Å². The summed E-state index contributed by atoms with van der Waals surface area (Å²) in [5.41, 5.74) is 0.566. The van der Waals surface area contributed by atoms with Crippen molar-refractivity contribution >= 4 is 11.9 Å². The lowest BCUT2D eigenvalue weighted by atomic mass is 9.80. The van der Waals surface area contributed by atoms with Gasteiger partial charge in [0.1, 0.15) is 5.75 Å². The van der Waals surface area contributed by atoms with Gasteiger partial charge in [0.2, 0.25) is 0 Å². The Balaban J connectivity index is 1.79. The maximum Gasteiger partial charge on any atom is 0.306 e. The highest BCUT2D eigenvalue weighted by atomic mass is 16.5. The van der Waals surface area contributed by atoms with E-state index in [4.69, 9.17) is 9.84 Å². The topological polar surface area (TPSA) is 75.6 Å². The molecule has 0 atom stereocenters. The maximum atomic E-state index is 12.0. The molecule has 0 radical (unpaired) electrons. The first-order chi connectivity index (χ1) is 10.1. The molecule has 1 aliphatic carbocycles. The van der Waals surface area contributed by atoms with Crippen LogP contribution < -0.4 is 10.1 Å². The number of unbranched alkanes of at least 4 members (excludes halogenated alkanes) is 1. The third-order valence-corrected chi connectivity index (χ3v) is 3.71. The Labute approximate surface area is 124 Å². The molecule has 0 aromatic heterocycles. The van der Waals surface area contributed by atoms with Gasteiger partial charge >= 0.3 is 5.97 Å². The summed E-state index contributed by atoms with van der Waals surface area (Å²) >= 11 is 0. The van der Waals surface area contributed by atoms with E-state index in [1.165, 1.54) is 0 Å². The molecule has 0 bridgehead atoms. The van der Waals surface area contributed by atoms with Gasteiger partial charge < -0.3 is 15.2 Å². The van der Waals surface area contributed by atoms with Gasteiger partial charge in [0.25, 0.3) is 5.91 Å². The monoisotopic (exact) mass is 291 g/mol. The third-order valence-electron chi connectivity index (χ3n) is 3.71. The smallest absolute Gasteiger partial charge is 0.306 e. The molecule has 2 rings (SSSR count). The van der Waals surface area contributed by atoms with Gasteiger partial charge in [-0.1, -0.05) is 13.3 Å². The molecule has 1 aromatic rings. The van der Waals surface area contributed by atoms with Crippen molar-refractivity contribution in [1.29, 1.82) is 0 Å². The molecule has 5 heteroatoms. The van der Waals surface area contributed by atoms with Crippen LogP contribution in [-0.4, -0.2) is 29.6 Å². The second kappa shape index (κ2) is 7.11. The van der Waals surface area contributed by atoms with Crippen molar-refractivity contribution in [2.75, 3.05) is 6.61 Å². The normalized spacial score (nSPS) is 20.4. The Kier molecular flexibility index (Phi) is 5.20. The molecule has 2 N–H and O–H groups in total. The van der Waals surface area contributed by atoms with Gasteiger partial charge in [-0.05, 0) is 43.5 Å². The summed E-state index contributed by atoms with van der Waals surface area (Å²) in [5.74, 6) is -0.503. The van der Waals surface area contributed by atoms with E-state index >= 15 is 0 Å². The summed E-state index contributed by atoms with van der Waals surface area (Å²) in [4.78, 5) is 22.7. The number of benzene rings is 1. The lowest BCUT2D eigenvalue weighted by Crippen LogP contribution is -2.46. The van der Waals surface area contributed by atoms with E-state index in [1.807, 2.05) is 0 Å². The van der Waals surface area contributed by atoms with Gasteiger partial charge in [-0.15, -0.1) is 0 Å². The van der Waals surface area contributed by atoms with Gasteiger partial charge in [-0.25, -0.2) is 0 Å². The SMILES string of the molecule is CCCCOc1ccc(C(=O)NC2CC(C(=O)O)C2)cc1. The van der Waals surface area contributed by atoms with Crippen LogP contribution in [0.25, 0.3) is 0 Å². The molecule has 114 valence electrons. The Morgan fingerprint density at radius 1 is 1.29 bits per heavy atom. The van der Waals surface area contributed by atoms with Crippen molar-refractivity contribution in [2.45, 2.75) is 38.6 Å². The fourth-order valence-corrected chi connectivity index (χ4v) is 2.24. The van der Waals surface area contributed by atoms with Crippen molar-refractivity contribution < 1.29 is 19.4 Å². The molecule has 1 aromatic carbocycles. The highest BCUT2D eigenvalue weighted by molar-refractivity contribution is 5.94. The molecule has 0 aliphatic heterocycles. The molecule has 1 saturated carbocycles.